The van der Waals surface area contributed by atoms with Crippen molar-refractivity contribution in [1.82, 2.24) is 14.6 Å². The van der Waals surface area contributed by atoms with Gasteiger partial charge in [-0.15, -0.1) is 0 Å². The fourth-order valence-electron chi connectivity index (χ4n) is 2.19. The zero-order valence-corrected chi connectivity index (χ0v) is 10.9. The lowest BCUT2D eigenvalue weighted by Gasteiger charge is -2.04. The Kier molecular flexibility index (Phi) is 3.17. The van der Waals surface area contributed by atoms with Gasteiger partial charge in [0.25, 0.3) is 5.56 Å². The number of H-pyrrole nitrogens is 1. The van der Waals surface area contributed by atoms with Crippen LogP contribution >= 0.6 is 0 Å². The molecule has 0 unspecified atom stereocenters. The Morgan fingerprint density at radius 2 is 2.05 bits per heavy atom. The Bertz CT molecular complexity index is 869. The van der Waals surface area contributed by atoms with E-state index < -0.39 is 11.6 Å². The van der Waals surface area contributed by atoms with E-state index in [2.05, 4.69) is 10.1 Å². The zero-order chi connectivity index (χ0) is 15.0. The van der Waals surface area contributed by atoms with E-state index in [1.54, 1.807) is 0 Å². The molecule has 0 bridgehead atoms. The molecular formula is C14H12F2N4O. The maximum absolute atomic E-state index is 13.6. The van der Waals surface area contributed by atoms with Gasteiger partial charge in [0.05, 0.1) is 0 Å². The van der Waals surface area contributed by atoms with Gasteiger partial charge >= 0.3 is 0 Å². The van der Waals surface area contributed by atoms with Crippen molar-refractivity contribution in [3.63, 3.8) is 0 Å². The number of fused-ring (bicyclic) bond motifs is 1. The van der Waals surface area contributed by atoms with Gasteiger partial charge in [-0.05, 0) is 24.5 Å². The first-order valence-corrected chi connectivity index (χ1v) is 6.34. The average Bonchev–Trinajstić information content (AvgIpc) is 2.81. The standard InChI is InChI=1S/C14H12F2N4O/c15-10-3-1-2-8(14(10)16)4-5-9-6-13(21)20-12(18-9)7-11(17)19-20/h1-3,6-7,19H,4-5,17H2. The van der Waals surface area contributed by atoms with Crippen LogP contribution < -0.4 is 11.3 Å². The van der Waals surface area contributed by atoms with Crippen molar-refractivity contribution in [3.05, 3.63) is 63.6 Å². The Labute approximate surface area is 118 Å². The van der Waals surface area contributed by atoms with Gasteiger partial charge in [0.15, 0.2) is 17.3 Å². The summed E-state index contributed by atoms with van der Waals surface area (Å²) >= 11 is 0. The highest BCUT2D eigenvalue weighted by molar-refractivity contribution is 5.47. The number of hydrogen-bond donors (Lipinski definition) is 2. The van der Waals surface area contributed by atoms with Gasteiger partial charge in [-0.1, -0.05) is 12.1 Å². The first-order chi connectivity index (χ1) is 10.0. The van der Waals surface area contributed by atoms with Gasteiger partial charge in [-0.25, -0.2) is 13.8 Å². The molecule has 0 fully saturated rings. The second-order valence-corrected chi connectivity index (χ2v) is 4.70. The van der Waals surface area contributed by atoms with Crippen LogP contribution in [-0.4, -0.2) is 14.6 Å². The van der Waals surface area contributed by atoms with Crippen molar-refractivity contribution in [1.29, 1.82) is 0 Å². The lowest BCUT2D eigenvalue weighted by Crippen LogP contribution is -2.16. The molecule has 2 aromatic heterocycles. The number of benzene rings is 1. The quantitative estimate of drug-likeness (QED) is 0.770. The number of nitrogens with zero attached hydrogens (tertiary/aromatic N) is 2. The molecule has 0 saturated carbocycles. The van der Waals surface area contributed by atoms with Gasteiger partial charge in [0.2, 0.25) is 0 Å². The Hall–Kier alpha value is -2.70. The van der Waals surface area contributed by atoms with Crippen molar-refractivity contribution < 1.29 is 8.78 Å². The summed E-state index contributed by atoms with van der Waals surface area (Å²) in [6.07, 6.45) is 0.587. The van der Waals surface area contributed by atoms with Crippen LogP contribution in [0.1, 0.15) is 11.3 Å². The molecule has 0 radical (unpaired) electrons. The second kappa shape index (κ2) is 5.01. The summed E-state index contributed by atoms with van der Waals surface area (Å²) in [7, 11) is 0. The van der Waals surface area contributed by atoms with Crippen LogP contribution in [0.3, 0.4) is 0 Å². The molecule has 0 aliphatic carbocycles. The van der Waals surface area contributed by atoms with Crippen LogP contribution in [0.15, 0.2) is 35.1 Å². The van der Waals surface area contributed by atoms with E-state index in [0.29, 0.717) is 23.6 Å². The summed E-state index contributed by atoms with van der Waals surface area (Å²) in [5.74, 6) is -1.41. The van der Waals surface area contributed by atoms with Gasteiger partial charge in [0, 0.05) is 17.8 Å². The molecule has 3 aromatic rings. The molecule has 0 amide bonds. The maximum Gasteiger partial charge on any atom is 0.272 e. The predicted octanol–water partition coefficient (Wildman–Crippen LogP) is 1.67. The number of aromatic amines is 1. The van der Waals surface area contributed by atoms with Gasteiger partial charge in [-0.2, -0.15) is 4.52 Å². The Morgan fingerprint density at radius 1 is 1.24 bits per heavy atom. The molecule has 2 heterocycles. The molecule has 0 spiro atoms. The number of hydrogen-bond acceptors (Lipinski definition) is 3. The number of halogens is 2. The zero-order valence-electron chi connectivity index (χ0n) is 10.9. The highest BCUT2D eigenvalue weighted by Crippen LogP contribution is 2.14. The number of nitrogens with one attached hydrogen (secondary N) is 1. The smallest absolute Gasteiger partial charge is 0.272 e. The van der Waals surface area contributed by atoms with Crippen molar-refractivity contribution in [3.8, 4) is 0 Å². The Balaban J connectivity index is 1.88. The summed E-state index contributed by atoms with van der Waals surface area (Å²) in [6, 6.07) is 6.91. The van der Waals surface area contributed by atoms with E-state index in [0.717, 1.165) is 6.07 Å². The molecule has 5 nitrogen and oxygen atoms in total. The SMILES string of the molecule is Nc1cc2nc(CCc3cccc(F)c3F)cc(=O)n2[nH]1. The van der Waals surface area contributed by atoms with E-state index in [1.165, 1.54) is 28.8 Å². The monoisotopic (exact) mass is 290 g/mol. The van der Waals surface area contributed by atoms with Crippen molar-refractivity contribution in [2.24, 2.45) is 0 Å². The highest BCUT2D eigenvalue weighted by atomic mass is 19.2. The van der Waals surface area contributed by atoms with Crippen molar-refractivity contribution in [2.45, 2.75) is 12.8 Å². The summed E-state index contributed by atoms with van der Waals surface area (Å²) in [5.41, 5.74) is 6.42. The number of nitrogen functional groups attached to an aromatic ring is 1. The lowest BCUT2D eigenvalue weighted by molar-refractivity contribution is 0.498. The predicted molar refractivity (Wildman–Crippen MR) is 74.0 cm³/mol. The maximum atomic E-state index is 13.6. The summed E-state index contributed by atoms with van der Waals surface area (Å²) in [4.78, 5) is 16.1. The number of aromatic nitrogens is 3. The molecule has 0 atom stereocenters. The van der Waals surface area contributed by atoms with Crippen molar-refractivity contribution in [2.75, 3.05) is 5.73 Å². The molecule has 7 heteroatoms. The molecular weight excluding hydrogens is 278 g/mol. The second-order valence-electron chi connectivity index (χ2n) is 4.70. The third kappa shape index (κ3) is 2.49. The number of anilines is 1. The van der Waals surface area contributed by atoms with Gasteiger partial charge in [0.1, 0.15) is 5.82 Å². The first-order valence-electron chi connectivity index (χ1n) is 6.34. The molecule has 0 saturated heterocycles. The number of aryl methyl sites for hydroxylation is 2. The number of rotatable bonds is 3. The van der Waals surface area contributed by atoms with Gasteiger partial charge < -0.3 is 5.73 Å². The molecule has 1 aromatic carbocycles. The van der Waals surface area contributed by atoms with Crippen LogP contribution in [0.25, 0.3) is 5.65 Å². The van der Waals surface area contributed by atoms with Crippen LogP contribution in [0.4, 0.5) is 14.6 Å². The largest absolute Gasteiger partial charge is 0.384 e. The van der Waals surface area contributed by atoms with Crippen LogP contribution in [-0.2, 0) is 12.8 Å². The van der Waals surface area contributed by atoms with Gasteiger partial charge in [-0.3, -0.25) is 9.89 Å². The third-order valence-corrected chi connectivity index (χ3v) is 3.21. The molecule has 3 N–H and O–H groups in total. The molecule has 108 valence electrons. The number of nitrogens with two attached hydrogens (primary N) is 1. The summed E-state index contributed by atoms with van der Waals surface area (Å²) < 4.78 is 27.9. The topological polar surface area (TPSA) is 76.2 Å². The van der Waals surface area contributed by atoms with E-state index in [1.807, 2.05) is 0 Å². The van der Waals surface area contributed by atoms with E-state index in [-0.39, 0.29) is 17.5 Å². The molecule has 0 aliphatic heterocycles. The first kappa shape index (κ1) is 13.3. The lowest BCUT2D eigenvalue weighted by atomic mass is 10.1. The van der Waals surface area contributed by atoms with E-state index >= 15 is 0 Å². The molecule has 21 heavy (non-hydrogen) atoms. The van der Waals surface area contributed by atoms with Crippen LogP contribution in [0.2, 0.25) is 0 Å². The minimum atomic E-state index is -0.880. The normalized spacial score (nSPS) is 11.1. The highest BCUT2D eigenvalue weighted by Gasteiger charge is 2.09. The third-order valence-electron chi connectivity index (χ3n) is 3.21. The molecule has 3 rings (SSSR count). The average molecular weight is 290 g/mol. The van der Waals surface area contributed by atoms with Crippen LogP contribution in [0.5, 0.6) is 0 Å². The van der Waals surface area contributed by atoms with Crippen molar-refractivity contribution >= 4 is 11.5 Å². The Morgan fingerprint density at radius 3 is 2.86 bits per heavy atom. The minimum Gasteiger partial charge on any atom is -0.384 e. The fourth-order valence-corrected chi connectivity index (χ4v) is 2.19. The van der Waals surface area contributed by atoms with Crippen LogP contribution in [0, 0.1) is 11.6 Å². The minimum absolute atomic E-state index is 0.255. The molecule has 0 aliphatic rings. The van der Waals surface area contributed by atoms with E-state index in [9.17, 15) is 13.6 Å². The van der Waals surface area contributed by atoms with E-state index in [4.69, 9.17) is 5.73 Å². The summed E-state index contributed by atoms with van der Waals surface area (Å²) in [6.45, 7) is 0. The summed E-state index contributed by atoms with van der Waals surface area (Å²) in [5, 5.41) is 2.65. The fraction of sp³-hybridized carbons (Fsp3) is 0.143.